The first-order chi connectivity index (χ1) is 18.3. The lowest BCUT2D eigenvalue weighted by molar-refractivity contribution is -0.176. The van der Waals surface area contributed by atoms with Gasteiger partial charge in [-0.15, -0.1) is 0 Å². The maximum atomic E-state index is 13.9. The third-order valence-corrected chi connectivity index (χ3v) is 10.2. The van der Waals surface area contributed by atoms with Crippen molar-refractivity contribution >= 4 is 33.5 Å². The van der Waals surface area contributed by atoms with Gasteiger partial charge in [-0.05, 0) is 47.7 Å². The van der Waals surface area contributed by atoms with Crippen LogP contribution in [-0.2, 0) is 29.0 Å². The number of hydrogen-bond donors (Lipinski definition) is 3. The third-order valence-electron chi connectivity index (χ3n) is 8.60. The molecule has 3 N–H and O–H groups in total. The van der Waals surface area contributed by atoms with E-state index in [2.05, 4.69) is 10.6 Å². The molecule has 1 aliphatic carbocycles. The smallest absolute Gasteiger partial charge is 0.356 e. The number of carbonyl (C=O) groups is 4. The van der Waals surface area contributed by atoms with Crippen molar-refractivity contribution in [2.75, 3.05) is 13.1 Å². The van der Waals surface area contributed by atoms with Crippen LogP contribution < -0.4 is 16.0 Å². The molecule has 0 aromatic heterocycles. The minimum absolute atomic E-state index is 0.0225. The van der Waals surface area contributed by atoms with Gasteiger partial charge in [0.05, 0.1) is 10.9 Å². The number of hydrogen-bond acceptors (Lipinski definition) is 6. The first-order valence-corrected chi connectivity index (χ1v) is 14.7. The van der Waals surface area contributed by atoms with E-state index in [1.165, 1.54) is 37.8 Å². The highest BCUT2D eigenvalue weighted by Gasteiger charge is 2.70. The van der Waals surface area contributed by atoms with E-state index in [0.29, 0.717) is 13.0 Å². The summed E-state index contributed by atoms with van der Waals surface area (Å²) in [5, 5.41) is 8.25. The molecule has 0 radical (unpaired) electrons. The Bertz CT molecular complexity index is 1280. The molecule has 1 saturated carbocycles. The van der Waals surface area contributed by atoms with Crippen molar-refractivity contribution in [2.45, 2.75) is 71.8 Å². The fourth-order valence-corrected chi connectivity index (χ4v) is 7.49. The predicted octanol–water partition coefficient (Wildman–Crippen LogP) is 1.40. The number of fused-ring (bicyclic) bond motifs is 1. The third kappa shape index (κ3) is 5.51. The van der Waals surface area contributed by atoms with Crippen LogP contribution in [0.5, 0.6) is 0 Å². The molecule has 222 valence electrons. The lowest BCUT2D eigenvalue weighted by atomic mass is 9.85. The molecule has 40 heavy (non-hydrogen) atoms. The summed E-state index contributed by atoms with van der Waals surface area (Å²) in [4.78, 5) is 52.7. The van der Waals surface area contributed by atoms with Crippen molar-refractivity contribution in [1.29, 1.82) is 0 Å². The Labute approximate surface area is 231 Å². The molecule has 3 aliphatic heterocycles. The van der Waals surface area contributed by atoms with Gasteiger partial charge in [0.15, 0.2) is 9.84 Å². The van der Waals surface area contributed by atoms with Crippen LogP contribution in [-0.4, -0.2) is 74.3 Å². The van der Waals surface area contributed by atoms with E-state index >= 15 is 0 Å². The molecule has 10 nitrogen and oxygen atoms in total. The summed E-state index contributed by atoms with van der Waals surface area (Å²) >= 11 is 0. The Balaban J connectivity index is 1.62. The van der Waals surface area contributed by atoms with Gasteiger partial charge in [0.2, 0.25) is 17.7 Å². The van der Waals surface area contributed by atoms with Crippen LogP contribution in [0.4, 0.5) is 13.2 Å². The number of nitrogens with zero attached hydrogens (tertiary/aromatic N) is 1. The number of amides is 4. The lowest BCUT2D eigenvalue weighted by Crippen LogP contribution is -2.61. The number of carbonyl (C=O) groups excluding carboxylic acids is 4. The molecule has 4 aliphatic rings. The molecule has 14 heteroatoms. The summed E-state index contributed by atoms with van der Waals surface area (Å²) in [7, 11) is -3.83. The van der Waals surface area contributed by atoms with E-state index in [0.717, 1.165) is 5.41 Å². The fraction of sp³-hybridized carbons (Fsp3) is 0.692. The zero-order chi connectivity index (χ0) is 30.0. The standard InChI is InChI=1S/C26H35F3N4O6S/c1-24(2,3)19(32-23(37)26(27,28)29)22(36)33-12-14-17(25(14,4)5)18(33)21(35)31-15(11-13-8-9-30-20(13)34)16-7-6-10-40(16,38)39/h6-7,10,13-15,17-19H,8-9,11-12H2,1-5H3,(H,30,34)(H,31,35)(H,32,37)/t13?,14-,15-,17+,18-,19+/m0/s1. The summed E-state index contributed by atoms with van der Waals surface area (Å²) in [5.41, 5.74) is -1.46. The zero-order valence-corrected chi connectivity index (χ0v) is 23.8. The van der Waals surface area contributed by atoms with Gasteiger partial charge in [-0.25, -0.2) is 8.42 Å². The van der Waals surface area contributed by atoms with Crippen molar-refractivity contribution in [1.82, 2.24) is 20.9 Å². The number of piperidine rings is 1. The van der Waals surface area contributed by atoms with Crippen molar-refractivity contribution in [3.63, 3.8) is 0 Å². The van der Waals surface area contributed by atoms with Crippen LogP contribution in [0, 0.1) is 28.6 Å². The Hall–Kier alpha value is -2.90. The Morgan fingerprint density at radius 2 is 1.82 bits per heavy atom. The van der Waals surface area contributed by atoms with Crippen LogP contribution in [0.25, 0.3) is 0 Å². The van der Waals surface area contributed by atoms with E-state index in [1.807, 2.05) is 13.8 Å². The highest BCUT2D eigenvalue weighted by molar-refractivity contribution is 7.98. The number of rotatable bonds is 7. The number of allylic oxidation sites excluding steroid dienone is 2. The first kappa shape index (κ1) is 30.1. The zero-order valence-electron chi connectivity index (χ0n) is 23.0. The van der Waals surface area contributed by atoms with Gasteiger partial charge in [0, 0.05) is 24.4 Å². The maximum Gasteiger partial charge on any atom is 0.471 e. The monoisotopic (exact) mass is 588 g/mol. The van der Waals surface area contributed by atoms with E-state index < -0.39 is 63.2 Å². The van der Waals surface area contributed by atoms with Gasteiger partial charge in [-0.1, -0.05) is 34.6 Å². The van der Waals surface area contributed by atoms with Crippen molar-refractivity contribution < 1.29 is 40.8 Å². The molecule has 4 rings (SSSR count). The van der Waals surface area contributed by atoms with Crippen molar-refractivity contribution in [2.24, 2.45) is 28.6 Å². The van der Waals surface area contributed by atoms with E-state index in [1.54, 1.807) is 5.32 Å². The molecule has 4 amide bonds. The highest BCUT2D eigenvalue weighted by atomic mass is 32.2. The number of halogens is 3. The molecule has 0 aromatic rings. The molecule has 0 bridgehead atoms. The minimum atomic E-state index is -5.20. The average molecular weight is 589 g/mol. The SMILES string of the molecule is CC(C)(C)[C@H](NC(=O)C(F)(F)F)C(=O)N1C[C@H]2[C@H]([C@H]1C(=O)N[C@@H](CC1CCNC1=O)C1=CC=CS1(=O)=O)C2(C)C. The van der Waals surface area contributed by atoms with Crippen LogP contribution in [0.3, 0.4) is 0 Å². The maximum absolute atomic E-state index is 13.9. The second-order valence-corrected chi connectivity index (χ2v) is 14.5. The molecular weight excluding hydrogens is 553 g/mol. The van der Waals surface area contributed by atoms with Gasteiger partial charge in [0.25, 0.3) is 0 Å². The minimum Gasteiger partial charge on any atom is -0.356 e. The Morgan fingerprint density at radius 3 is 2.33 bits per heavy atom. The Kier molecular flexibility index (Phi) is 7.43. The lowest BCUT2D eigenvalue weighted by Gasteiger charge is -2.38. The first-order valence-electron chi connectivity index (χ1n) is 13.2. The molecular formula is C26H35F3N4O6S. The Morgan fingerprint density at radius 1 is 1.18 bits per heavy atom. The molecule has 2 saturated heterocycles. The summed E-state index contributed by atoms with van der Waals surface area (Å²) < 4.78 is 64.6. The molecule has 0 aromatic carbocycles. The van der Waals surface area contributed by atoms with E-state index in [4.69, 9.17) is 0 Å². The number of sulfone groups is 1. The van der Waals surface area contributed by atoms with Gasteiger partial charge < -0.3 is 20.9 Å². The van der Waals surface area contributed by atoms with Crippen LogP contribution in [0.15, 0.2) is 22.5 Å². The summed E-state index contributed by atoms with van der Waals surface area (Å²) in [5.74, 6) is -4.96. The van der Waals surface area contributed by atoms with Crippen LogP contribution >= 0.6 is 0 Å². The molecule has 6 atom stereocenters. The van der Waals surface area contributed by atoms with Gasteiger partial charge in [0.1, 0.15) is 12.1 Å². The van der Waals surface area contributed by atoms with Crippen LogP contribution in [0.1, 0.15) is 47.5 Å². The molecule has 3 fully saturated rings. The van der Waals surface area contributed by atoms with Crippen molar-refractivity contribution in [3.05, 3.63) is 22.5 Å². The highest BCUT2D eigenvalue weighted by Crippen LogP contribution is 2.65. The summed E-state index contributed by atoms with van der Waals surface area (Å²) in [6, 6.07) is -3.72. The number of alkyl halides is 3. The average Bonchev–Trinajstić information content (AvgIpc) is 3.28. The summed E-state index contributed by atoms with van der Waals surface area (Å²) in [6.45, 7) is 8.90. The molecule has 0 spiro atoms. The molecule has 3 heterocycles. The normalized spacial score (nSPS) is 29.8. The predicted molar refractivity (Wildman–Crippen MR) is 138 cm³/mol. The number of nitrogens with one attached hydrogen (secondary N) is 3. The fourth-order valence-electron chi connectivity index (χ4n) is 6.22. The van der Waals surface area contributed by atoms with Crippen molar-refractivity contribution in [3.8, 4) is 0 Å². The van der Waals surface area contributed by atoms with Gasteiger partial charge in [-0.3, -0.25) is 19.2 Å². The van der Waals surface area contributed by atoms with E-state index in [-0.39, 0.29) is 41.0 Å². The second-order valence-electron chi connectivity index (χ2n) is 12.7. The largest absolute Gasteiger partial charge is 0.471 e. The number of likely N-dealkylation sites (tertiary alicyclic amines) is 1. The quantitative estimate of drug-likeness (QED) is 0.411. The molecule has 1 unspecified atom stereocenters. The van der Waals surface area contributed by atoms with E-state index in [9.17, 15) is 40.8 Å². The van der Waals surface area contributed by atoms with Crippen LogP contribution in [0.2, 0.25) is 0 Å². The van der Waals surface area contributed by atoms with Gasteiger partial charge in [-0.2, -0.15) is 13.2 Å². The second kappa shape index (κ2) is 9.88. The topological polar surface area (TPSA) is 142 Å². The van der Waals surface area contributed by atoms with Gasteiger partial charge >= 0.3 is 12.1 Å². The summed E-state index contributed by atoms with van der Waals surface area (Å²) in [6.07, 6.45) is -2.03.